The van der Waals surface area contributed by atoms with Crippen LogP contribution in [0.3, 0.4) is 0 Å². The summed E-state index contributed by atoms with van der Waals surface area (Å²) in [7, 11) is 0. The molecule has 0 fully saturated rings. The fourth-order valence-corrected chi connectivity index (χ4v) is 2.48. The standard InChI is InChI=1S/C19H27N3O4S/c1-4-13-26-17(24)12-11-16(23)21-19(27)20-15-9-7-14(8-10-15)18(25)22(5-2)6-3/h7-10H,4-6,11-13H2,1-3H3,(H2,20,21,23,27). The van der Waals surface area contributed by atoms with E-state index in [-0.39, 0.29) is 29.8 Å². The molecule has 0 atom stereocenters. The lowest BCUT2D eigenvalue weighted by Gasteiger charge is -2.18. The lowest BCUT2D eigenvalue weighted by Crippen LogP contribution is -2.34. The van der Waals surface area contributed by atoms with Gasteiger partial charge in [-0.3, -0.25) is 14.4 Å². The molecule has 0 aliphatic carbocycles. The normalized spacial score (nSPS) is 10.0. The van der Waals surface area contributed by atoms with Crippen LogP contribution in [-0.2, 0) is 14.3 Å². The van der Waals surface area contributed by atoms with Crippen molar-refractivity contribution < 1.29 is 19.1 Å². The quantitative estimate of drug-likeness (QED) is 0.495. The van der Waals surface area contributed by atoms with Crippen molar-refractivity contribution in [1.82, 2.24) is 10.2 Å². The van der Waals surface area contributed by atoms with Gasteiger partial charge in [0.2, 0.25) is 5.91 Å². The summed E-state index contributed by atoms with van der Waals surface area (Å²) in [6, 6.07) is 6.85. The lowest BCUT2D eigenvalue weighted by molar-refractivity contribution is -0.144. The Morgan fingerprint density at radius 3 is 2.22 bits per heavy atom. The predicted octanol–water partition coefficient (Wildman–Crippen LogP) is 2.72. The summed E-state index contributed by atoms with van der Waals surface area (Å²) >= 11 is 5.09. The summed E-state index contributed by atoms with van der Waals surface area (Å²) in [6.07, 6.45) is 0.754. The van der Waals surface area contributed by atoms with Gasteiger partial charge in [0.1, 0.15) is 0 Å². The van der Waals surface area contributed by atoms with Gasteiger partial charge >= 0.3 is 5.97 Å². The molecule has 0 saturated carbocycles. The Morgan fingerprint density at radius 2 is 1.67 bits per heavy atom. The molecule has 0 aliphatic rings. The van der Waals surface area contributed by atoms with E-state index in [2.05, 4.69) is 10.6 Å². The number of carbonyl (C=O) groups is 3. The fraction of sp³-hybridized carbons (Fsp3) is 0.474. The fourth-order valence-electron chi connectivity index (χ4n) is 2.24. The zero-order valence-corrected chi connectivity index (χ0v) is 16.9. The number of benzene rings is 1. The SMILES string of the molecule is CCCOC(=O)CCC(=O)NC(=S)Nc1ccc(C(=O)N(CC)CC)cc1. The second kappa shape index (κ2) is 12.0. The Hall–Kier alpha value is -2.48. The zero-order valence-electron chi connectivity index (χ0n) is 16.0. The number of rotatable bonds is 9. The number of ether oxygens (including phenoxy) is 1. The number of carbonyl (C=O) groups excluding carboxylic acids is 3. The summed E-state index contributed by atoms with van der Waals surface area (Å²) in [5.74, 6) is -0.800. The second-order valence-electron chi connectivity index (χ2n) is 5.78. The summed E-state index contributed by atoms with van der Waals surface area (Å²) in [4.78, 5) is 37.2. The van der Waals surface area contributed by atoms with Crippen molar-refractivity contribution in [3.8, 4) is 0 Å². The van der Waals surface area contributed by atoms with Gasteiger partial charge in [-0.2, -0.15) is 0 Å². The van der Waals surface area contributed by atoms with E-state index >= 15 is 0 Å². The van der Waals surface area contributed by atoms with E-state index in [0.717, 1.165) is 6.42 Å². The number of thiocarbonyl (C=S) groups is 1. The zero-order chi connectivity index (χ0) is 20.2. The predicted molar refractivity (Wildman–Crippen MR) is 109 cm³/mol. The molecule has 0 spiro atoms. The van der Waals surface area contributed by atoms with Gasteiger partial charge in [-0.05, 0) is 56.8 Å². The molecule has 0 saturated heterocycles. The van der Waals surface area contributed by atoms with E-state index in [1.165, 1.54) is 0 Å². The van der Waals surface area contributed by atoms with Crippen LogP contribution in [0.5, 0.6) is 0 Å². The number of amides is 2. The molecule has 7 nitrogen and oxygen atoms in total. The van der Waals surface area contributed by atoms with E-state index < -0.39 is 5.97 Å². The summed E-state index contributed by atoms with van der Waals surface area (Å²) in [5.41, 5.74) is 1.24. The lowest BCUT2D eigenvalue weighted by atomic mass is 10.2. The topological polar surface area (TPSA) is 87.7 Å². The van der Waals surface area contributed by atoms with Gasteiger partial charge < -0.3 is 20.3 Å². The number of nitrogens with one attached hydrogen (secondary N) is 2. The van der Waals surface area contributed by atoms with E-state index in [1.807, 2.05) is 20.8 Å². The summed E-state index contributed by atoms with van der Waals surface area (Å²) in [5, 5.41) is 5.52. The highest BCUT2D eigenvalue weighted by atomic mass is 32.1. The Bertz CT molecular complexity index is 657. The third kappa shape index (κ3) is 8.17. The van der Waals surface area contributed by atoms with Crippen LogP contribution in [-0.4, -0.2) is 47.5 Å². The van der Waals surface area contributed by atoms with Gasteiger partial charge in [0.25, 0.3) is 5.91 Å². The van der Waals surface area contributed by atoms with E-state index in [9.17, 15) is 14.4 Å². The monoisotopic (exact) mass is 393 g/mol. The van der Waals surface area contributed by atoms with Crippen LogP contribution in [0, 0.1) is 0 Å². The van der Waals surface area contributed by atoms with Gasteiger partial charge in [0.15, 0.2) is 5.11 Å². The van der Waals surface area contributed by atoms with Gasteiger partial charge in [-0.1, -0.05) is 6.92 Å². The highest BCUT2D eigenvalue weighted by molar-refractivity contribution is 7.80. The maximum atomic E-state index is 12.3. The number of anilines is 1. The second-order valence-corrected chi connectivity index (χ2v) is 6.19. The van der Waals surface area contributed by atoms with Crippen LogP contribution in [0.1, 0.15) is 50.4 Å². The first-order valence-electron chi connectivity index (χ1n) is 9.07. The van der Waals surface area contributed by atoms with Crippen molar-refractivity contribution in [3.63, 3.8) is 0 Å². The van der Waals surface area contributed by atoms with Crippen molar-refractivity contribution in [3.05, 3.63) is 29.8 Å². The van der Waals surface area contributed by atoms with Crippen LogP contribution in [0.25, 0.3) is 0 Å². The molecule has 0 heterocycles. The van der Waals surface area contributed by atoms with Crippen molar-refractivity contribution >= 4 is 40.8 Å². The third-order valence-electron chi connectivity index (χ3n) is 3.72. The van der Waals surface area contributed by atoms with Crippen LogP contribution >= 0.6 is 12.2 Å². The van der Waals surface area contributed by atoms with E-state index in [0.29, 0.717) is 30.9 Å². The number of hydrogen-bond donors (Lipinski definition) is 2. The maximum absolute atomic E-state index is 12.3. The molecule has 1 rings (SSSR count). The average molecular weight is 394 g/mol. The summed E-state index contributed by atoms with van der Waals surface area (Å²) < 4.78 is 4.91. The molecule has 0 bridgehead atoms. The Morgan fingerprint density at radius 1 is 1.04 bits per heavy atom. The van der Waals surface area contributed by atoms with E-state index in [1.54, 1.807) is 29.2 Å². The Labute approximate surface area is 165 Å². The first-order valence-corrected chi connectivity index (χ1v) is 9.47. The molecule has 0 unspecified atom stereocenters. The minimum Gasteiger partial charge on any atom is -0.466 e. The molecule has 0 radical (unpaired) electrons. The molecule has 2 amide bonds. The van der Waals surface area contributed by atoms with Gasteiger partial charge in [-0.25, -0.2) is 0 Å². The van der Waals surface area contributed by atoms with Crippen LogP contribution in [0.2, 0.25) is 0 Å². The summed E-state index contributed by atoms with van der Waals surface area (Å²) in [6.45, 7) is 7.42. The maximum Gasteiger partial charge on any atom is 0.306 e. The molecule has 0 aliphatic heterocycles. The first kappa shape index (κ1) is 22.6. The van der Waals surface area contributed by atoms with Crippen LogP contribution < -0.4 is 10.6 Å². The highest BCUT2D eigenvalue weighted by Crippen LogP contribution is 2.11. The molecule has 1 aromatic rings. The van der Waals surface area contributed by atoms with Crippen molar-refractivity contribution in [2.45, 2.75) is 40.0 Å². The number of esters is 1. The molecular weight excluding hydrogens is 366 g/mol. The van der Waals surface area contributed by atoms with Crippen LogP contribution in [0.4, 0.5) is 5.69 Å². The number of nitrogens with zero attached hydrogens (tertiary/aromatic N) is 1. The van der Waals surface area contributed by atoms with Crippen molar-refractivity contribution in [1.29, 1.82) is 0 Å². The molecular formula is C19H27N3O4S. The molecule has 1 aromatic carbocycles. The van der Waals surface area contributed by atoms with Crippen LogP contribution in [0.15, 0.2) is 24.3 Å². The average Bonchev–Trinajstić information content (AvgIpc) is 2.66. The largest absolute Gasteiger partial charge is 0.466 e. The number of hydrogen-bond acceptors (Lipinski definition) is 5. The first-order chi connectivity index (χ1) is 12.9. The van der Waals surface area contributed by atoms with Gasteiger partial charge in [0.05, 0.1) is 13.0 Å². The Balaban J connectivity index is 2.47. The Kier molecular flexibility index (Phi) is 10.0. The minimum atomic E-state index is -0.403. The molecule has 0 aromatic heterocycles. The van der Waals surface area contributed by atoms with E-state index in [4.69, 9.17) is 17.0 Å². The third-order valence-corrected chi connectivity index (χ3v) is 3.92. The van der Waals surface area contributed by atoms with Gasteiger partial charge in [0, 0.05) is 30.8 Å². The minimum absolute atomic E-state index is 0.00166. The van der Waals surface area contributed by atoms with Crippen molar-refractivity contribution in [2.24, 2.45) is 0 Å². The van der Waals surface area contributed by atoms with Crippen molar-refractivity contribution in [2.75, 3.05) is 25.0 Å². The highest BCUT2D eigenvalue weighted by Gasteiger charge is 2.13. The molecule has 8 heteroatoms. The van der Waals surface area contributed by atoms with Gasteiger partial charge in [-0.15, -0.1) is 0 Å². The smallest absolute Gasteiger partial charge is 0.306 e. The molecule has 2 N–H and O–H groups in total. The molecule has 148 valence electrons. The molecule has 27 heavy (non-hydrogen) atoms.